The minimum atomic E-state index is 0.407. The van der Waals surface area contributed by atoms with E-state index in [1.54, 1.807) is 0 Å². The lowest BCUT2D eigenvalue weighted by atomic mass is 10.1. The number of hydrogen-bond acceptors (Lipinski definition) is 6. The highest BCUT2D eigenvalue weighted by atomic mass is 35.5. The van der Waals surface area contributed by atoms with Crippen LogP contribution in [0.4, 0.5) is 0 Å². The molecule has 0 saturated heterocycles. The van der Waals surface area contributed by atoms with Crippen molar-refractivity contribution in [2.24, 2.45) is 5.92 Å². The third kappa shape index (κ3) is 2.56. The molecular weight excluding hydrogens is 402 g/mol. The van der Waals surface area contributed by atoms with Crippen LogP contribution in [0.1, 0.15) is 49.0 Å². The average molecular weight is 420 g/mol. The lowest BCUT2D eigenvalue weighted by molar-refractivity contribution is 0.380. The SMILES string of the molecule is Clc1ccc2c(c1)-c1nnc(CC3CC3)n1Cc1c(-c3noc(C4CC4)n3)ncn1-2. The molecule has 0 radical (unpaired) electrons. The zero-order valence-electron chi connectivity index (χ0n) is 16.1. The van der Waals surface area contributed by atoms with Gasteiger partial charge in [0.2, 0.25) is 11.7 Å². The van der Waals surface area contributed by atoms with E-state index in [0.29, 0.717) is 35.1 Å². The minimum Gasteiger partial charge on any atom is -0.339 e. The number of hydrogen-bond donors (Lipinski definition) is 0. The average Bonchev–Trinajstić information content (AvgIpc) is 3.64. The molecule has 4 heterocycles. The third-order valence-corrected chi connectivity index (χ3v) is 6.44. The van der Waals surface area contributed by atoms with E-state index in [4.69, 9.17) is 16.1 Å². The molecule has 9 heteroatoms. The molecule has 0 amide bonds. The number of halogens is 1. The second-order valence-corrected chi connectivity index (χ2v) is 8.91. The van der Waals surface area contributed by atoms with Crippen LogP contribution in [0, 0.1) is 5.92 Å². The Hall–Kier alpha value is -3.00. The maximum absolute atomic E-state index is 6.35. The van der Waals surface area contributed by atoms with Gasteiger partial charge < -0.3 is 9.09 Å². The molecule has 2 aliphatic carbocycles. The van der Waals surface area contributed by atoms with Crippen molar-refractivity contribution >= 4 is 11.6 Å². The molecule has 3 aromatic heterocycles. The van der Waals surface area contributed by atoms with Gasteiger partial charge in [0.15, 0.2) is 5.82 Å². The first-order valence-electron chi connectivity index (χ1n) is 10.4. The van der Waals surface area contributed by atoms with Crippen molar-refractivity contribution in [3.8, 4) is 28.6 Å². The predicted octanol–water partition coefficient (Wildman–Crippen LogP) is 4.03. The number of rotatable bonds is 4. The molecule has 0 N–H and O–H groups in total. The smallest absolute Gasteiger partial charge is 0.230 e. The molecule has 3 aliphatic rings. The normalized spacial score (nSPS) is 17.4. The Morgan fingerprint density at radius 1 is 1.13 bits per heavy atom. The van der Waals surface area contributed by atoms with Gasteiger partial charge in [0.05, 0.1) is 17.9 Å². The van der Waals surface area contributed by atoms with Crippen LogP contribution in [0.3, 0.4) is 0 Å². The molecule has 0 unspecified atom stereocenters. The summed E-state index contributed by atoms with van der Waals surface area (Å²) >= 11 is 6.35. The van der Waals surface area contributed by atoms with Gasteiger partial charge >= 0.3 is 0 Å². The lowest BCUT2D eigenvalue weighted by Crippen LogP contribution is -2.09. The van der Waals surface area contributed by atoms with E-state index in [1.807, 2.05) is 24.5 Å². The van der Waals surface area contributed by atoms with Gasteiger partial charge in [-0.1, -0.05) is 16.8 Å². The maximum Gasteiger partial charge on any atom is 0.230 e. The molecular formula is C21H18ClN7O. The van der Waals surface area contributed by atoms with Crippen LogP contribution in [-0.2, 0) is 13.0 Å². The molecule has 0 spiro atoms. The maximum atomic E-state index is 6.35. The van der Waals surface area contributed by atoms with Crippen molar-refractivity contribution in [2.45, 2.75) is 44.6 Å². The summed E-state index contributed by atoms with van der Waals surface area (Å²) in [6.07, 6.45) is 7.53. The topological polar surface area (TPSA) is 87.4 Å². The first kappa shape index (κ1) is 16.8. The molecule has 2 fully saturated rings. The van der Waals surface area contributed by atoms with Crippen molar-refractivity contribution in [2.75, 3.05) is 0 Å². The molecule has 30 heavy (non-hydrogen) atoms. The highest BCUT2D eigenvalue weighted by molar-refractivity contribution is 6.31. The van der Waals surface area contributed by atoms with Crippen LogP contribution in [0.5, 0.6) is 0 Å². The molecule has 0 bridgehead atoms. The summed E-state index contributed by atoms with van der Waals surface area (Å²) in [5.74, 6) is 4.22. The summed E-state index contributed by atoms with van der Waals surface area (Å²) in [7, 11) is 0. The Labute approximate surface area is 176 Å². The van der Waals surface area contributed by atoms with Gasteiger partial charge in [-0.05, 0) is 49.8 Å². The first-order chi connectivity index (χ1) is 14.7. The highest BCUT2D eigenvalue weighted by Gasteiger charge is 2.33. The Kier molecular flexibility index (Phi) is 3.36. The summed E-state index contributed by atoms with van der Waals surface area (Å²) < 4.78 is 9.78. The van der Waals surface area contributed by atoms with Gasteiger partial charge in [-0.3, -0.25) is 4.57 Å². The molecule has 8 nitrogen and oxygen atoms in total. The zero-order chi connectivity index (χ0) is 19.8. The minimum absolute atomic E-state index is 0.407. The number of nitrogens with zero attached hydrogens (tertiary/aromatic N) is 7. The standard InChI is InChI=1S/C21H18ClN7O/c22-13-5-6-15-14(8-13)20-26-25-17(7-11-1-2-11)28(20)9-16-18(23-10-29(15)16)19-24-21(30-27-19)12-3-4-12/h5-6,8,10-12H,1-4,7,9H2. The fraction of sp³-hybridized carbons (Fsp3) is 0.381. The van der Waals surface area contributed by atoms with Gasteiger partial charge in [-0.25, -0.2) is 4.98 Å². The summed E-state index contributed by atoms with van der Waals surface area (Å²) in [5.41, 5.74) is 3.66. The molecule has 1 aliphatic heterocycles. The van der Waals surface area contributed by atoms with Crippen LogP contribution in [0.25, 0.3) is 28.6 Å². The monoisotopic (exact) mass is 419 g/mol. The van der Waals surface area contributed by atoms with E-state index < -0.39 is 0 Å². The van der Waals surface area contributed by atoms with E-state index in [0.717, 1.165) is 53.5 Å². The quantitative estimate of drug-likeness (QED) is 0.437. The Morgan fingerprint density at radius 2 is 2.03 bits per heavy atom. The van der Waals surface area contributed by atoms with Gasteiger partial charge in [0.1, 0.15) is 17.8 Å². The zero-order valence-corrected chi connectivity index (χ0v) is 16.9. The van der Waals surface area contributed by atoms with Crippen LogP contribution < -0.4 is 0 Å². The number of imidazole rings is 1. The Morgan fingerprint density at radius 3 is 2.87 bits per heavy atom. The Bertz CT molecular complexity index is 1290. The third-order valence-electron chi connectivity index (χ3n) is 6.21. The largest absolute Gasteiger partial charge is 0.339 e. The fourth-order valence-corrected chi connectivity index (χ4v) is 4.40. The molecule has 7 rings (SSSR count). The van der Waals surface area contributed by atoms with Gasteiger partial charge in [-0.2, -0.15) is 4.98 Å². The van der Waals surface area contributed by atoms with Gasteiger partial charge in [0.25, 0.3) is 0 Å². The number of fused-ring (bicyclic) bond motifs is 5. The molecule has 1 aromatic carbocycles. The fourth-order valence-electron chi connectivity index (χ4n) is 4.23. The number of aromatic nitrogens is 7. The van der Waals surface area contributed by atoms with E-state index in [-0.39, 0.29) is 0 Å². The lowest BCUT2D eigenvalue weighted by Gasteiger charge is -2.08. The predicted molar refractivity (Wildman–Crippen MR) is 108 cm³/mol. The molecule has 2 saturated carbocycles. The summed E-state index contributed by atoms with van der Waals surface area (Å²) in [6.45, 7) is 0.597. The summed E-state index contributed by atoms with van der Waals surface area (Å²) in [4.78, 5) is 9.31. The highest BCUT2D eigenvalue weighted by Crippen LogP contribution is 2.41. The van der Waals surface area contributed by atoms with Gasteiger partial charge in [0, 0.05) is 22.9 Å². The van der Waals surface area contributed by atoms with Crippen molar-refractivity contribution in [1.29, 1.82) is 0 Å². The molecule has 150 valence electrons. The van der Waals surface area contributed by atoms with Crippen LogP contribution in [0.15, 0.2) is 29.0 Å². The second-order valence-electron chi connectivity index (χ2n) is 8.48. The van der Waals surface area contributed by atoms with E-state index in [1.165, 1.54) is 12.8 Å². The second kappa shape index (κ2) is 6.01. The Balaban J connectivity index is 1.42. The molecule has 0 atom stereocenters. The number of benzene rings is 1. The first-order valence-corrected chi connectivity index (χ1v) is 10.7. The van der Waals surface area contributed by atoms with Crippen molar-refractivity contribution < 1.29 is 4.52 Å². The van der Waals surface area contributed by atoms with Crippen LogP contribution >= 0.6 is 11.6 Å². The van der Waals surface area contributed by atoms with Gasteiger partial charge in [-0.15, -0.1) is 10.2 Å². The van der Waals surface area contributed by atoms with E-state index in [2.05, 4.69) is 34.5 Å². The van der Waals surface area contributed by atoms with E-state index in [9.17, 15) is 0 Å². The molecule has 4 aromatic rings. The van der Waals surface area contributed by atoms with Crippen LogP contribution in [-0.4, -0.2) is 34.5 Å². The van der Waals surface area contributed by atoms with Crippen LogP contribution in [0.2, 0.25) is 5.02 Å². The van der Waals surface area contributed by atoms with E-state index >= 15 is 0 Å². The van der Waals surface area contributed by atoms with Crippen molar-refractivity contribution in [3.05, 3.63) is 47.0 Å². The van der Waals surface area contributed by atoms with Crippen molar-refractivity contribution in [3.63, 3.8) is 0 Å². The summed E-state index contributed by atoms with van der Waals surface area (Å²) in [6, 6.07) is 5.84. The van der Waals surface area contributed by atoms with Crippen molar-refractivity contribution in [1.82, 2.24) is 34.5 Å². The summed E-state index contributed by atoms with van der Waals surface area (Å²) in [5, 5.41) is 14.0.